The molecule has 1 aromatic heterocycles. The molecule has 30 heavy (non-hydrogen) atoms. The van der Waals surface area contributed by atoms with E-state index < -0.39 is 15.7 Å². The van der Waals surface area contributed by atoms with E-state index in [0.717, 1.165) is 16.7 Å². The van der Waals surface area contributed by atoms with E-state index in [4.69, 9.17) is 0 Å². The second-order valence-corrected chi connectivity index (χ2v) is 9.29. The first-order valence-electron chi connectivity index (χ1n) is 9.60. The van der Waals surface area contributed by atoms with Crippen LogP contribution in [0, 0.1) is 19.7 Å². The Morgan fingerprint density at radius 3 is 2.20 bits per heavy atom. The lowest BCUT2D eigenvalue weighted by molar-refractivity contribution is -0.347. The van der Waals surface area contributed by atoms with Gasteiger partial charge in [0, 0.05) is 12.6 Å². The summed E-state index contributed by atoms with van der Waals surface area (Å²) in [6.07, 6.45) is 1.47. The van der Waals surface area contributed by atoms with E-state index in [2.05, 4.69) is 10.3 Å². The number of hydrogen-bond donors (Lipinski definition) is 1. The molecule has 0 radical (unpaired) electrons. The molecule has 0 aliphatic carbocycles. The molecule has 0 amide bonds. The van der Waals surface area contributed by atoms with Crippen molar-refractivity contribution in [1.82, 2.24) is 0 Å². The van der Waals surface area contributed by atoms with E-state index in [1.165, 1.54) is 18.3 Å². The minimum Gasteiger partial charge on any atom is -0.379 e. The van der Waals surface area contributed by atoms with E-state index in [1.807, 2.05) is 38.1 Å². The third-order valence-electron chi connectivity index (χ3n) is 5.07. The number of sulfone groups is 1. The molecular weight excluding hydrogens is 399 g/mol. The number of halogens is 1. The first-order valence-corrected chi connectivity index (χ1v) is 11.1. The van der Waals surface area contributed by atoms with Gasteiger partial charge >= 0.3 is 0 Å². The van der Waals surface area contributed by atoms with Crippen molar-refractivity contribution < 1.29 is 17.8 Å². The van der Waals surface area contributed by atoms with Crippen molar-refractivity contribution in [3.63, 3.8) is 0 Å². The zero-order chi connectivity index (χ0) is 21.3. The zero-order valence-corrected chi connectivity index (χ0v) is 17.6. The average molecular weight is 422 g/mol. The molecule has 3 aromatic carbocycles. The number of H-pyrrole nitrogens is 1. The van der Waals surface area contributed by atoms with Gasteiger partial charge in [-0.05, 0) is 43.7 Å². The number of fused-ring (bicyclic) bond motifs is 1. The SMILES string of the molecule is Cc1ccc(CNc2c(S(=O)(=O)c3ccc(C)cc3)c[nH+]c3ccc(F)cc23)cc1. The molecule has 0 atom stereocenters. The first-order chi connectivity index (χ1) is 14.3. The molecule has 0 fully saturated rings. The van der Waals surface area contributed by atoms with Crippen LogP contribution in [0.4, 0.5) is 10.1 Å². The summed E-state index contributed by atoms with van der Waals surface area (Å²) >= 11 is 0. The van der Waals surface area contributed by atoms with E-state index in [9.17, 15) is 12.8 Å². The lowest BCUT2D eigenvalue weighted by atomic mass is 10.1. The molecule has 0 unspecified atom stereocenters. The Labute approximate surface area is 175 Å². The Morgan fingerprint density at radius 1 is 0.900 bits per heavy atom. The van der Waals surface area contributed by atoms with Crippen LogP contribution in [-0.2, 0) is 16.4 Å². The molecule has 6 heteroatoms. The molecule has 4 aromatic rings. The molecule has 4 nitrogen and oxygen atoms in total. The second kappa shape index (κ2) is 7.88. The summed E-state index contributed by atoms with van der Waals surface area (Å²) in [5.41, 5.74) is 4.13. The number of aromatic nitrogens is 1. The van der Waals surface area contributed by atoms with Gasteiger partial charge in [0.1, 0.15) is 5.82 Å². The van der Waals surface area contributed by atoms with E-state index in [0.29, 0.717) is 23.1 Å². The van der Waals surface area contributed by atoms with Crippen LogP contribution in [0.25, 0.3) is 10.9 Å². The summed E-state index contributed by atoms with van der Waals surface area (Å²) < 4.78 is 40.8. The van der Waals surface area contributed by atoms with Gasteiger partial charge in [-0.15, -0.1) is 0 Å². The molecule has 152 valence electrons. The Balaban J connectivity index is 1.85. The number of hydrogen-bond acceptors (Lipinski definition) is 3. The van der Waals surface area contributed by atoms with Gasteiger partial charge in [-0.3, -0.25) is 0 Å². The topological polar surface area (TPSA) is 60.3 Å². The monoisotopic (exact) mass is 421 g/mol. The van der Waals surface area contributed by atoms with E-state index in [-0.39, 0.29) is 9.79 Å². The van der Waals surface area contributed by atoms with Gasteiger partial charge in [0.25, 0.3) is 0 Å². The van der Waals surface area contributed by atoms with Crippen LogP contribution >= 0.6 is 0 Å². The summed E-state index contributed by atoms with van der Waals surface area (Å²) in [5.74, 6) is -0.431. The standard InChI is InChI=1S/C24H21FN2O2S/c1-16-3-7-18(8-4-16)14-27-24-21-13-19(25)9-12-22(21)26-15-23(24)30(28,29)20-10-5-17(2)6-11-20/h3-13,15H,14H2,1-2H3,(H,26,27)/p+1. The Kier molecular flexibility index (Phi) is 5.26. The highest BCUT2D eigenvalue weighted by molar-refractivity contribution is 7.91. The van der Waals surface area contributed by atoms with Crippen LogP contribution in [-0.4, -0.2) is 8.42 Å². The Bertz CT molecular complexity index is 1320. The van der Waals surface area contributed by atoms with Crippen LogP contribution in [0.15, 0.2) is 82.7 Å². The van der Waals surface area contributed by atoms with Gasteiger partial charge in [-0.2, -0.15) is 0 Å². The number of aromatic amines is 1. The number of benzene rings is 3. The maximum absolute atomic E-state index is 14.0. The fourth-order valence-corrected chi connectivity index (χ4v) is 4.75. The van der Waals surface area contributed by atoms with Gasteiger partial charge in [0.15, 0.2) is 11.1 Å². The van der Waals surface area contributed by atoms with Crippen molar-refractivity contribution >= 4 is 26.4 Å². The highest BCUT2D eigenvalue weighted by atomic mass is 32.2. The van der Waals surface area contributed by atoms with Crippen LogP contribution in [0.5, 0.6) is 0 Å². The van der Waals surface area contributed by atoms with Crippen molar-refractivity contribution in [3.8, 4) is 0 Å². The predicted octanol–water partition coefficient (Wildman–Crippen LogP) is 4.85. The van der Waals surface area contributed by atoms with Crippen molar-refractivity contribution in [2.75, 3.05) is 5.32 Å². The molecule has 2 N–H and O–H groups in total. The lowest BCUT2D eigenvalue weighted by Gasteiger charge is -2.13. The van der Waals surface area contributed by atoms with Crippen LogP contribution in [0.1, 0.15) is 16.7 Å². The van der Waals surface area contributed by atoms with Gasteiger partial charge < -0.3 is 5.32 Å². The molecular formula is C24H22FN2O2S+. The smallest absolute Gasteiger partial charge is 0.214 e. The normalized spacial score (nSPS) is 11.6. The predicted molar refractivity (Wildman–Crippen MR) is 116 cm³/mol. The van der Waals surface area contributed by atoms with Crippen LogP contribution in [0.2, 0.25) is 0 Å². The fourth-order valence-electron chi connectivity index (χ4n) is 3.33. The Morgan fingerprint density at radius 2 is 1.53 bits per heavy atom. The van der Waals surface area contributed by atoms with Crippen molar-refractivity contribution in [2.45, 2.75) is 30.2 Å². The molecule has 0 saturated carbocycles. The zero-order valence-electron chi connectivity index (χ0n) is 16.7. The van der Waals surface area contributed by atoms with Crippen LogP contribution < -0.4 is 10.3 Å². The largest absolute Gasteiger partial charge is 0.379 e. The lowest BCUT2D eigenvalue weighted by Crippen LogP contribution is -2.15. The molecule has 0 bridgehead atoms. The summed E-state index contributed by atoms with van der Waals surface area (Å²) in [7, 11) is -3.82. The number of pyridine rings is 1. The van der Waals surface area contributed by atoms with Gasteiger partial charge in [-0.25, -0.2) is 17.8 Å². The maximum Gasteiger partial charge on any atom is 0.214 e. The third kappa shape index (κ3) is 3.91. The summed E-state index contributed by atoms with van der Waals surface area (Å²) in [5, 5.41) is 3.72. The maximum atomic E-state index is 14.0. The highest BCUT2D eigenvalue weighted by Crippen LogP contribution is 2.32. The van der Waals surface area contributed by atoms with Crippen molar-refractivity contribution in [3.05, 3.63) is 95.4 Å². The quantitative estimate of drug-likeness (QED) is 0.501. The van der Waals surface area contributed by atoms with E-state index >= 15 is 0 Å². The van der Waals surface area contributed by atoms with Crippen molar-refractivity contribution in [2.24, 2.45) is 0 Å². The summed E-state index contributed by atoms with van der Waals surface area (Å²) in [4.78, 5) is 3.26. The van der Waals surface area contributed by atoms with Gasteiger partial charge in [0.05, 0.1) is 16.0 Å². The summed E-state index contributed by atoms with van der Waals surface area (Å²) in [6.45, 7) is 4.32. The number of rotatable bonds is 5. The molecule has 1 heterocycles. The number of anilines is 1. The highest BCUT2D eigenvalue weighted by Gasteiger charge is 2.26. The van der Waals surface area contributed by atoms with Gasteiger partial charge in [0.2, 0.25) is 15.4 Å². The molecule has 0 spiro atoms. The molecule has 0 saturated heterocycles. The van der Waals surface area contributed by atoms with Crippen LogP contribution in [0.3, 0.4) is 0 Å². The fraction of sp³-hybridized carbons (Fsp3) is 0.125. The number of aryl methyl sites for hydroxylation is 2. The molecule has 0 aliphatic heterocycles. The third-order valence-corrected chi connectivity index (χ3v) is 6.86. The Hall–Kier alpha value is -3.25. The second-order valence-electron chi connectivity index (χ2n) is 7.37. The minimum atomic E-state index is -3.82. The average Bonchev–Trinajstić information content (AvgIpc) is 2.73. The van der Waals surface area contributed by atoms with Gasteiger partial charge in [-0.1, -0.05) is 47.5 Å². The van der Waals surface area contributed by atoms with E-state index in [1.54, 1.807) is 30.3 Å². The summed E-state index contributed by atoms with van der Waals surface area (Å²) in [6, 6.07) is 18.9. The first kappa shape index (κ1) is 20.0. The molecule has 0 aliphatic rings. The van der Waals surface area contributed by atoms with Crippen molar-refractivity contribution in [1.29, 1.82) is 0 Å². The molecule has 4 rings (SSSR count). The number of nitrogens with one attached hydrogen (secondary N) is 2. The minimum absolute atomic E-state index is 0.0802.